The first-order valence-electron chi connectivity index (χ1n) is 9.28. The molecule has 28 heavy (non-hydrogen) atoms. The van der Waals surface area contributed by atoms with Crippen molar-refractivity contribution in [3.63, 3.8) is 0 Å². The van der Waals surface area contributed by atoms with Crippen LogP contribution >= 0.6 is 0 Å². The van der Waals surface area contributed by atoms with Gasteiger partial charge >= 0.3 is 0 Å². The molecule has 2 aromatic carbocycles. The molecule has 0 atom stereocenters. The van der Waals surface area contributed by atoms with E-state index in [1.54, 1.807) is 35.2 Å². The summed E-state index contributed by atoms with van der Waals surface area (Å²) in [5.41, 5.74) is 1.70. The van der Waals surface area contributed by atoms with Crippen LogP contribution in [-0.4, -0.2) is 56.9 Å². The number of carbonyl (C=O) groups is 2. The van der Waals surface area contributed by atoms with Crippen molar-refractivity contribution in [3.8, 4) is 0 Å². The lowest BCUT2D eigenvalue weighted by molar-refractivity contribution is -0.131. The topological polar surface area (TPSA) is 74.8 Å². The van der Waals surface area contributed by atoms with Gasteiger partial charge in [-0.2, -0.15) is 0 Å². The number of Topliss-reactive ketones (excluding diaryl/α,β-unsaturated/α-hetero) is 1. The van der Waals surface area contributed by atoms with Crippen molar-refractivity contribution in [1.29, 1.82) is 0 Å². The monoisotopic (exact) mass is 400 g/mol. The Kier molecular flexibility index (Phi) is 6.14. The maximum absolute atomic E-state index is 12.4. The summed E-state index contributed by atoms with van der Waals surface area (Å²) in [6, 6.07) is 15.7. The fourth-order valence-electron chi connectivity index (χ4n) is 3.25. The van der Waals surface area contributed by atoms with Gasteiger partial charge in [0.15, 0.2) is 15.6 Å². The minimum atomic E-state index is -3.44. The fraction of sp³-hybridized carbons (Fsp3) is 0.333. The van der Waals surface area contributed by atoms with Crippen LogP contribution < -0.4 is 4.90 Å². The van der Waals surface area contributed by atoms with Crippen LogP contribution in [0.25, 0.3) is 0 Å². The molecule has 6 nitrogen and oxygen atoms in total. The van der Waals surface area contributed by atoms with Gasteiger partial charge in [-0.25, -0.2) is 8.42 Å². The van der Waals surface area contributed by atoms with Gasteiger partial charge in [-0.3, -0.25) is 9.59 Å². The minimum absolute atomic E-state index is 0.00939. The highest BCUT2D eigenvalue weighted by Gasteiger charge is 2.23. The molecule has 7 heteroatoms. The number of hydrogen-bond acceptors (Lipinski definition) is 5. The quantitative estimate of drug-likeness (QED) is 0.696. The molecular weight excluding hydrogens is 376 g/mol. The van der Waals surface area contributed by atoms with E-state index in [0.717, 1.165) is 5.69 Å². The molecule has 0 aliphatic carbocycles. The van der Waals surface area contributed by atoms with E-state index in [2.05, 4.69) is 4.90 Å². The van der Waals surface area contributed by atoms with E-state index in [1.165, 1.54) is 6.92 Å². The Morgan fingerprint density at radius 3 is 2.07 bits per heavy atom. The molecule has 0 saturated carbocycles. The van der Waals surface area contributed by atoms with Crippen molar-refractivity contribution in [3.05, 3.63) is 60.2 Å². The minimum Gasteiger partial charge on any atom is -0.368 e. The van der Waals surface area contributed by atoms with Gasteiger partial charge < -0.3 is 9.80 Å². The van der Waals surface area contributed by atoms with Crippen LogP contribution in [0.5, 0.6) is 0 Å². The summed E-state index contributed by atoms with van der Waals surface area (Å²) in [7, 11) is -3.44. The van der Waals surface area contributed by atoms with Gasteiger partial charge in [0.05, 0.1) is 10.6 Å². The van der Waals surface area contributed by atoms with Crippen molar-refractivity contribution >= 4 is 27.2 Å². The molecule has 1 amide bonds. The van der Waals surface area contributed by atoms with Crippen LogP contribution in [-0.2, 0) is 14.6 Å². The predicted molar refractivity (Wildman–Crippen MR) is 108 cm³/mol. The van der Waals surface area contributed by atoms with Crippen molar-refractivity contribution in [2.75, 3.05) is 36.8 Å². The molecule has 0 aromatic heterocycles. The standard InChI is InChI=1S/C21H24N2O4S/c1-17(24)18-7-9-19(10-8-18)22-12-14-23(15-13-22)21(25)11-16-28(26,27)20-5-3-2-4-6-20/h2-10H,11-16H2,1H3. The smallest absolute Gasteiger partial charge is 0.223 e. The first-order valence-corrected chi connectivity index (χ1v) is 10.9. The molecule has 0 bridgehead atoms. The maximum atomic E-state index is 12.4. The van der Waals surface area contributed by atoms with Gasteiger partial charge in [0.25, 0.3) is 0 Å². The number of anilines is 1. The summed E-state index contributed by atoms with van der Waals surface area (Å²) in [6.45, 7) is 4.00. The summed E-state index contributed by atoms with van der Waals surface area (Å²) >= 11 is 0. The third kappa shape index (κ3) is 4.78. The predicted octanol–water partition coefficient (Wildman–Crippen LogP) is 2.40. The first kappa shape index (κ1) is 20.1. The number of nitrogens with zero attached hydrogens (tertiary/aromatic N) is 2. The molecule has 1 heterocycles. The molecule has 0 unspecified atom stereocenters. The van der Waals surface area contributed by atoms with Gasteiger partial charge in [0.2, 0.25) is 5.91 Å². The average Bonchev–Trinajstić information content (AvgIpc) is 2.73. The van der Waals surface area contributed by atoms with Gasteiger partial charge in [-0.05, 0) is 43.3 Å². The fourth-order valence-corrected chi connectivity index (χ4v) is 4.50. The lowest BCUT2D eigenvalue weighted by Gasteiger charge is -2.36. The summed E-state index contributed by atoms with van der Waals surface area (Å²) < 4.78 is 24.7. The van der Waals surface area contributed by atoms with E-state index < -0.39 is 9.84 Å². The summed E-state index contributed by atoms with van der Waals surface area (Å²) in [5.74, 6) is -0.277. The molecular formula is C21H24N2O4S. The highest BCUT2D eigenvalue weighted by molar-refractivity contribution is 7.91. The van der Waals surface area contributed by atoms with Crippen LogP contribution in [0.15, 0.2) is 59.5 Å². The van der Waals surface area contributed by atoms with Crippen LogP contribution in [0, 0.1) is 0 Å². The molecule has 1 saturated heterocycles. The van der Waals surface area contributed by atoms with E-state index in [0.29, 0.717) is 31.7 Å². The number of rotatable bonds is 6. The molecule has 0 N–H and O–H groups in total. The number of carbonyl (C=O) groups excluding carboxylic acids is 2. The zero-order chi connectivity index (χ0) is 20.1. The molecule has 1 aliphatic heterocycles. The van der Waals surface area contributed by atoms with Crippen LogP contribution in [0.1, 0.15) is 23.7 Å². The number of piperazine rings is 1. The zero-order valence-electron chi connectivity index (χ0n) is 15.9. The van der Waals surface area contributed by atoms with Crippen LogP contribution in [0.4, 0.5) is 5.69 Å². The largest absolute Gasteiger partial charge is 0.368 e. The SMILES string of the molecule is CC(=O)c1ccc(N2CCN(C(=O)CCS(=O)(=O)c3ccccc3)CC2)cc1. The number of benzene rings is 2. The normalized spacial score (nSPS) is 14.8. The van der Waals surface area contributed by atoms with Gasteiger partial charge in [-0.1, -0.05) is 18.2 Å². The Labute approximate surface area is 165 Å². The second-order valence-electron chi connectivity index (χ2n) is 6.85. The first-order chi connectivity index (χ1) is 13.4. The molecule has 148 valence electrons. The van der Waals surface area contributed by atoms with Crippen molar-refractivity contribution in [2.45, 2.75) is 18.2 Å². The summed E-state index contributed by atoms with van der Waals surface area (Å²) in [6.07, 6.45) is -0.00939. The van der Waals surface area contributed by atoms with E-state index in [4.69, 9.17) is 0 Å². The molecule has 3 rings (SSSR count). The Bertz CT molecular complexity index is 932. The highest BCUT2D eigenvalue weighted by Crippen LogP contribution is 2.18. The maximum Gasteiger partial charge on any atom is 0.223 e. The molecule has 0 spiro atoms. The second kappa shape index (κ2) is 8.56. The van der Waals surface area contributed by atoms with E-state index in [-0.39, 0.29) is 28.8 Å². The summed E-state index contributed by atoms with van der Waals surface area (Å²) in [4.78, 5) is 28.0. The number of sulfone groups is 1. The molecule has 1 aliphatic rings. The highest BCUT2D eigenvalue weighted by atomic mass is 32.2. The van der Waals surface area contributed by atoms with E-state index >= 15 is 0 Å². The third-order valence-electron chi connectivity index (χ3n) is 4.96. The lowest BCUT2D eigenvalue weighted by Crippen LogP contribution is -2.49. The molecule has 1 fully saturated rings. The average molecular weight is 401 g/mol. The van der Waals surface area contributed by atoms with Crippen LogP contribution in [0.2, 0.25) is 0 Å². The molecule has 0 radical (unpaired) electrons. The summed E-state index contributed by atoms with van der Waals surface area (Å²) in [5, 5.41) is 0. The van der Waals surface area contributed by atoms with Gasteiger partial charge in [0.1, 0.15) is 0 Å². The van der Waals surface area contributed by atoms with E-state index in [1.807, 2.05) is 24.3 Å². The number of amides is 1. The number of ketones is 1. The van der Waals surface area contributed by atoms with Gasteiger partial charge in [-0.15, -0.1) is 0 Å². The van der Waals surface area contributed by atoms with Crippen molar-refractivity contribution in [2.24, 2.45) is 0 Å². The lowest BCUT2D eigenvalue weighted by atomic mass is 10.1. The third-order valence-corrected chi connectivity index (χ3v) is 6.69. The Hall–Kier alpha value is -2.67. The van der Waals surface area contributed by atoms with Crippen molar-refractivity contribution in [1.82, 2.24) is 4.90 Å². The van der Waals surface area contributed by atoms with Crippen molar-refractivity contribution < 1.29 is 18.0 Å². The van der Waals surface area contributed by atoms with Gasteiger partial charge in [0, 0.05) is 43.9 Å². The van der Waals surface area contributed by atoms with E-state index in [9.17, 15) is 18.0 Å². The Morgan fingerprint density at radius 1 is 0.893 bits per heavy atom. The Morgan fingerprint density at radius 2 is 1.50 bits per heavy atom. The second-order valence-corrected chi connectivity index (χ2v) is 8.96. The van der Waals surface area contributed by atoms with Crippen LogP contribution in [0.3, 0.4) is 0 Å². The number of hydrogen-bond donors (Lipinski definition) is 0. The molecule has 2 aromatic rings. The Balaban J connectivity index is 1.52. The zero-order valence-corrected chi connectivity index (χ0v) is 16.7.